The normalized spacial score (nSPS) is 11.1. The van der Waals surface area contributed by atoms with E-state index in [9.17, 15) is 0 Å². The van der Waals surface area contributed by atoms with Gasteiger partial charge in [0.05, 0.1) is 0 Å². The quantitative estimate of drug-likeness (QED) is 0.269. The minimum atomic E-state index is 0.426. The monoisotopic (exact) mass is 197 g/mol. The first-order valence-corrected chi connectivity index (χ1v) is 2.68. The van der Waals surface area contributed by atoms with E-state index < -0.39 is 0 Å². The van der Waals surface area contributed by atoms with E-state index >= 15 is 0 Å². The van der Waals surface area contributed by atoms with E-state index in [1.807, 2.05) is 0 Å². The molecule has 0 amide bonds. The molecule has 0 saturated carbocycles. The maximum absolute atomic E-state index is 6.13. The van der Waals surface area contributed by atoms with Gasteiger partial charge in [-0.2, -0.15) is 14.1 Å². The molecule has 0 rings (SSSR count). The Labute approximate surface area is 72.0 Å². The van der Waals surface area contributed by atoms with Crippen LogP contribution in [0.5, 0.6) is 0 Å². The Morgan fingerprint density at radius 2 is 1.73 bits per heavy atom. The van der Waals surface area contributed by atoms with Crippen molar-refractivity contribution in [1.82, 2.24) is 5.34 Å². The number of hydrogen-bond acceptors (Lipinski definition) is 6. The van der Waals surface area contributed by atoms with Crippen LogP contribution in [0.3, 0.4) is 0 Å². The predicted molar refractivity (Wildman–Crippen MR) is 36.8 cm³/mol. The highest BCUT2D eigenvalue weighted by molar-refractivity contribution is 7.75. The highest BCUT2D eigenvalue weighted by atomic mass is 32.1. The van der Waals surface area contributed by atoms with Gasteiger partial charge >= 0.3 is 0 Å². The molecule has 0 unspecified atom stereocenters. The maximum atomic E-state index is 6.13. The molecule has 0 fully saturated rings. The van der Waals surface area contributed by atoms with E-state index in [0.29, 0.717) is 5.34 Å². The summed E-state index contributed by atoms with van der Waals surface area (Å²) in [6.45, 7) is 0. The fourth-order valence-electron chi connectivity index (χ4n) is 0.136. The van der Waals surface area contributed by atoms with Gasteiger partial charge in [0.15, 0.2) is 0 Å². The molecule has 0 aliphatic carbocycles. The van der Waals surface area contributed by atoms with Gasteiger partial charge < -0.3 is 0 Å². The smallest absolute Gasteiger partial charge is 0.0141 e. The van der Waals surface area contributed by atoms with Gasteiger partial charge in [0.1, 0.15) is 0 Å². The van der Waals surface area contributed by atoms with Gasteiger partial charge in [0.2, 0.25) is 0 Å². The van der Waals surface area contributed by atoms with Crippen molar-refractivity contribution in [1.29, 1.82) is 5.53 Å². The molecule has 9 nitrogen and oxygen atoms in total. The third-order valence-corrected chi connectivity index (χ3v) is 0.657. The summed E-state index contributed by atoms with van der Waals surface area (Å²) in [6.07, 6.45) is 0. The molecule has 62 valence electrons. The van der Waals surface area contributed by atoms with Crippen LogP contribution in [0.2, 0.25) is 0 Å². The van der Waals surface area contributed by atoms with Gasteiger partial charge in [-0.3, -0.25) is 0 Å². The topological polar surface area (TPSA) is 107 Å². The van der Waals surface area contributed by atoms with Crippen molar-refractivity contribution in [3.05, 3.63) is 0 Å². The summed E-state index contributed by atoms with van der Waals surface area (Å²) in [7, 11) is 0. The first-order valence-electron chi connectivity index (χ1n) is 1.95. The fourth-order valence-corrected chi connectivity index (χ4v) is 0.321. The third-order valence-electron chi connectivity index (χ3n) is 0.377. The van der Waals surface area contributed by atoms with Crippen LogP contribution in [0.25, 0.3) is 0 Å². The molecule has 0 heterocycles. The number of nitrogens with zero attached hydrogens (tertiary/aromatic N) is 6. The highest BCUT2D eigenvalue weighted by Crippen LogP contribution is 1.98. The lowest BCUT2D eigenvalue weighted by Gasteiger charge is -2.03. The molecule has 0 bridgehead atoms. The summed E-state index contributed by atoms with van der Waals surface area (Å²) >= 11 is 6.57. The molecule has 0 aromatic rings. The molecule has 0 spiro atoms. The van der Waals surface area contributed by atoms with Crippen LogP contribution >= 0.6 is 25.8 Å². The van der Waals surface area contributed by atoms with Crippen molar-refractivity contribution in [2.45, 2.75) is 0 Å². The lowest BCUT2D eigenvalue weighted by molar-refractivity contribution is -0.239. The Bertz CT molecular complexity index is 151. The van der Waals surface area contributed by atoms with E-state index in [0.717, 1.165) is 0 Å². The van der Waals surface area contributed by atoms with Crippen molar-refractivity contribution in [2.24, 2.45) is 26.1 Å². The van der Waals surface area contributed by atoms with Crippen LogP contribution in [0.4, 0.5) is 0 Å². The van der Waals surface area contributed by atoms with Crippen LogP contribution in [0.15, 0.2) is 26.1 Å². The molecule has 11 heteroatoms. The summed E-state index contributed by atoms with van der Waals surface area (Å²) in [5.41, 5.74) is 6.13. The van der Waals surface area contributed by atoms with Gasteiger partial charge in [0, 0.05) is 41.6 Å². The lowest BCUT2D eigenvalue weighted by Crippen LogP contribution is -2.06. The van der Waals surface area contributed by atoms with Crippen LogP contribution in [0, 0.1) is 5.53 Å². The molecular formula is H3N7O2S2. The van der Waals surface area contributed by atoms with Crippen LogP contribution in [0.1, 0.15) is 0 Å². The molecular weight excluding hydrogens is 194 g/mol. The second-order valence-electron chi connectivity index (χ2n) is 0.859. The predicted octanol–water partition coefficient (Wildman–Crippen LogP) is 1.52. The minimum absolute atomic E-state index is 0.426. The Hall–Kier alpha value is -0.780. The number of nitrogens with one attached hydrogen (secondary N) is 1. The molecule has 0 radical (unpaired) electrons. The summed E-state index contributed by atoms with van der Waals surface area (Å²) in [4.78, 5) is 0. The number of rotatable bonds is 5. The molecule has 0 atom stereocenters. The molecule has 0 aliphatic heterocycles. The Kier molecular flexibility index (Phi) is 6.81. The van der Waals surface area contributed by atoms with Crippen molar-refractivity contribution in [3.63, 3.8) is 0 Å². The second kappa shape index (κ2) is 7.33. The van der Waals surface area contributed by atoms with Crippen molar-refractivity contribution >= 4 is 25.8 Å². The maximum Gasteiger partial charge on any atom is 0.0141 e. The van der Waals surface area contributed by atoms with Gasteiger partial charge in [-0.15, -0.1) is 0 Å². The van der Waals surface area contributed by atoms with Gasteiger partial charge in [-0.25, -0.2) is 0 Å². The van der Waals surface area contributed by atoms with E-state index in [-0.39, 0.29) is 0 Å². The summed E-state index contributed by atoms with van der Waals surface area (Å²) < 4.78 is 8.14. The summed E-state index contributed by atoms with van der Waals surface area (Å²) in [6, 6.07) is 0. The molecule has 0 aromatic heterocycles. The zero-order valence-electron chi connectivity index (χ0n) is 4.89. The molecule has 0 saturated heterocycles. The summed E-state index contributed by atoms with van der Waals surface area (Å²) in [5.74, 6) is 0. The first kappa shape index (κ1) is 10.2. The van der Waals surface area contributed by atoms with Gasteiger partial charge in [-0.1, -0.05) is 0 Å². The van der Waals surface area contributed by atoms with Crippen molar-refractivity contribution in [3.8, 4) is 0 Å². The van der Waals surface area contributed by atoms with E-state index in [2.05, 4.69) is 60.5 Å². The van der Waals surface area contributed by atoms with Crippen LogP contribution in [-0.2, 0) is 8.57 Å². The molecule has 1 N–H and O–H groups in total. The third kappa shape index (κ3) is 5.65. The van der Waals surface area contributed by atoms with Gasteiger partial charge in [0.25, 0.3) is 0 Å². The van der Waals surface area contributed by atoms with Crippen LogP contribution < -0.4 is 0 Å². The van der Waals surface area contributed by atoms with Crippen molar-refractivity contribution < 1.29 is 8.57 Å². The van der Waals surface area contributed by atoms with Crippen LogP contribution in [-0.4, -0.2) is 5.34 Å². The lowest BCUT2D eigenvalue weighted by atomic mass is 12.4. The van der Waals surface area contributed by atoms with Gasteiger partial charge in [-0.05, 0) is 15.7 Å². The number of thiol groups is 2. The fraction of sp³-hybridized carbons (Fsp3) is 0. The highest BCUT2D eigenvalue weighted by Gasteiger charge is 1.94. The first-order chi connectivity index (χ1) is 5.35. The molecule has 0 aliphatic rings. The van der Waals surface area contributed by atoms with E-state index in [4.69, 9.17) is 5.53 Å². The zero-order chi connectivity index (χ0) is 8.53. The Morgan fingerprint density at radius 3 is 2.18 bits per heavy atom. The Balaban J connectivity index is 3.69. The largest absolute Gasteiger partial charge is 0.183 e. The van der Waals surface area contributed by atoms with E-state index in [1.165, 1.54) is 0 Å². The zero-order valence-corrected chi connectivity index (χ0v) is 6.68. The van der Waals surface area contributed by atoms with E-state index in [1.54, 1.807) is 0 Å². The average molecular weight is 197 g/mol. The Morgan fingerprint density at radius 1 is 1.09 bits per heavy atom. The second-order valence-corrected chi connectivity index (χ2v) is 1.19. The SMILES string of the molecule is N=N/N=N/N=N/N(OS)OS. The minimum Gasteiger partial charge on any atom is -0.183 e. The average Bonchev–Trinajstić information content (AvgIpc) is 2.05. The molecule has 11 heavy (non-hydrogen) atoms. The number of hydrogen-bond donors (Lipinski definition) is 3. The standard InChI is InChI=1S/H3N7O2S2/c1-2-3-4-5-6-7(8-10)9-11/h1,10-11H/b2-1?,4-3+,6-5+. The summed E-state index contributed by atoms with van der Waals surface area (Å²) in [5, 5.41) is 14.6. The van der Waals surface area contributed by atoms with Crippen molar-refractivity contribution in [2.75, 3.05) is 0 Å². The molecule has 0 aromatic carbocycles.